The normalized spacial score (nSPS) is 13.5. The number of hydrogen-bond donors (Lipinski definition) is 4. The molecule has 4 N–H and O–H groups in total. The molecule has 2 aromatic carbocycles. The van der Waals surface area contributed by atoms with Crippen molar-refractivity contribution in [2.24, 2.45) is 5.41 Å². The van der Waals surface area contributed by atoms with Crippen LogP contribution in [0.15, 0.2) is 48.5 Å². The molecular formula is C25H30N2O6. The maximum absolute atomic E-state index is 12.8. The third-order valence-electron chi connectivity index (χ3n) is 6.54. The van der Waals surface area contributed by atoms with Gasteiger partial charge in [0.1, 0.15) is 12.6 Å². The van der Waals surface area contributed by atoms with E-state index in [1.165, 1.54) is 0 Å². The summed E-state index contributed by atoms with van der Waals surface area (Å²) in [7, 11) is 0. The summed E-state index contributed by atoms with van der Waals surface area (Å²) < 4.78 is 5.53. The monoisotopic (exact) mass is 454 g/mol. The first-order valence-electron chi connectivity index (χ1n) is 11.1. The third kappa shape index (κ3) is 5.01. The summed E-state index contributed by atoms with van der Waals surface area (Å²) in [5, 5.41) is 23.3. The summed E-state index contributed by atoms with van der Waals surface area (Å²) in [6.45, 7) is 3.00. The summed E-state index contributed by atoms with van der Waals surface area (Å²) in [5.41, 5.74) is 3.45. The SMILES string of the molecule is CCC(CC)(CNC(=O)OCC1c2ccccc2-c2ccccc21)C(=O)NC(CO)C(=O)O. The smallest absolute Gasteiger partial charge is 0.407 e. The van der Waals surface area contributed by atoms with Crippen LogP contribution >= 0.6 is 0 Å². The van der Waals surface area contributed by atoms with E-state index >= 15 is 0 Å². The summed E-state index contributed by atoms with van der Waals surface area (Å²) in [5.74, 6) is -1.93. The Bertz CT molecular complexity index is 972. The molecule has 0 bridgehead atoms. The molecule has 0 saturated heterocycles. The van der Waals surface area contributed by atoms with E-state index in [4.69, 9.17) is 9.84 Å². The van der Waals surface area contributed by atoms with Crippen LogP contribution in [0.4, 0.5) is 4.79 Å². The van der Waals surface area contributed by atoms with Crippen molar-refractivity contribution in [2.45, 2.75) is 38.6 Å². The van der Waals surface area contributed by atoms with E-state index < -0.39 is 36.0 Å². The summed E-state index contributed by atoms with van der Waals surface area (Å²) in [4.78, 5) is 36.4. The Balaban J connectivity index is 1.63. The van der Waals surface area contributed by atoms with E-state index in [-0.39, 0.29) is 19.1 Å². The van der Waals surface area contributed by atoms with Gasteiger partial charge in [-0.15, -0.1) is 0 Å². The molecule has 1 atom stereocenters. The van der Waals surface area contributed by atoms with Crippen LogP contribution in [0.2, 0.25) is 0 Å². The van der Waals surface area contributed by atoms with Crippen LogP contribution in [0.1, 0.15) is 43.7 Å². The molecule has 176 valence electrons. The van der Waals surface area contributed by atoms with Gasteiger partial charge >= 0.3 is 12.1 Å². The number of hydrogen-bond acceptors (Lipinski definition) is 5. The van der Waals surface area contributed by atoms with Gasteiger partial charge in [0.25, 0.3) is 0 Å². The van der Waals surface area contributed by atoms with E-state index in [2.05, 4.69) is 22.8 Å². The number of amides is 2. The molecular weight excluding hydrogens is 424 g/mol. The quantitative estimate of drug-likeness (QED) is 0.438. The van der Waals surface area contributed by atoms with Crippen molar-refractivity contribution in [1.82, 2.24) is 10.6 Å². The minimum absolute atomic E-state index is 0.0136. The van der Waals surface area contributed by atoms with Crippen LogP contribution in [0.5, 0.6) is 0 Å². The summed E-state index contributed by atoms with van der Waals surface area (Å²) in [6.07, 6.45) is 0.0981. The topological polar surface area (TPSA) is 125 Å². The van der Waals surface area contributed by atoms with Crippen LogP contribution in [-0.4, -0.2) is 54.0 Å². The van der Waals surface area contributed by atoms with Gasteiger partial charge in [0.05, 0.1) is 12.0 Å². The largest absolute Gasteiger partial charge is 0.480 e. The third-order valence-corrected chi connectivity index (χ3v) is 6.54. The number of fused-ring (bicyclic) bond motifs is 3. The predicted octanol–water partition coefficient (Wildman–Crippen LogP) is 2.89. The number of carbonyl (C=O) groups excluding carboxylic acids is 2. The fraction of sp³-hybridized carbons (Fsp3) is 0.400. The molecule has 0 radical (unpaired) electrons. The molecule has 1 unspecified atom stereocenters. The average Bonchev–Trinajstić information content (AvgIpc) is 3.15. The molecule has 2 aromatic rings. The Morgan fingerprint density at radius 2 is 1.55 bits per heavy atom. The molecule has 0 aliphatic heterocycles. The molecule has 2 amide bonds. The van der Waals surface area contributed by atoms with Gasteiger partial charge in [-0.1, -0.05) is 62.4 Å². The standard InChI is InChI=1S/C25H30N2O6/c1-3-25(4-2,23(31)27-21(13-28)22(29)30)15-26-24(32)33-14-20-18-11-7-5-9-16(18)17-10-6-8-12-19(17)20/h5-12,20-21,28H,3-4,13-15H2,1-2H3,(H,26,32)(H,27,31)(H,29,30). The lowest BCUT2D eigenvalue weighted by molar-refractivity contribution is -0.145. The van der Waals surface area contributed by atoms with Crippen molar-refractivity contribution in [2.75, 3.05) is 19.8 Å². The number of rotatable bonds is 10. The Morgan fingerprint density at radius 3 is 2.03 bits per heavy atom. The first-order chi connectivity index (χ1) is 15.9. The molecule has 8 heteroatoms. The lowest BCUT2D eigenvalue weighted by atomic mass is 9.81. The predicted molar refractivity (Wildman–Crippen MR) is 123 cm³/mol. The van der Waals surface area contributed by atoms with Gasteiger partial charge in [-0.25, -0.2) is 9.59 Å². The molecule has 1 aliphatic carbocycles. The maximum atomic E-state index is 12.8. The number of aliphatic hydroxyl groups excluding tert-OH is 1. The maximum Gasteiger partial charge on any atom is 0.407 e. The number of aliphatic hydroxyl groups is 1. The van der Waals surface area contributed by atoms with Gasteiger partial charge in [0, 0.05) is 12.5 Å². The Hall–Kier alpha value is -3.39. The van der Waals surface area contributed by atoms with E-state index in [9.17, 15) is 19.5 Å². The van der Waals surface area contributed by atoms with Crippen molar-refractivity contribution >= 4 is 18.0 Å². The molecule has 0 saturated carbocycles. The number of carbonyl (C=O) groups is 3. The number of carboxylic acid groups (broad SMARTS) is 1. The lowest BCUT2D eigenvalue weighted by Gasteiger charge is -2.31. The fourth-order valence-corrected chi connectivity index (χ4v) is 4.29. The highest BCUT2D eigenvalue weighted by atomic mass is 16.5. The highest BCUT2D eigenvalue weighted by molar-refractivity contribution is 5.88. The van der Waals surface area contributed by atoms with Crippen molar-refractivity contribution in [3.8, 4) is 11.1 Å². The first-order valence-corrected chi connectivity index (χ1v) is 11.1. The van der Waals surface area contributed by atoms with Gasteiger partial charge < -0.3 is 25.6 Å². The zero-order valence-electron chi connectivity index (χ0n) is 18.8. The molecule has 33 heavy (non-hydrogen) atoms. The number of alkyl carbamates (subject to hydrolysis) is 1. The van der Waals surface area contributed by atoms with Crippen LogP contribution in [0.3, 0.4) is 0 Å². The zero-order chi connectivity index (χ0) is 24.0. The highest BCUT2D eigenvalue weighted by Gasteiger charge is 2.37. The molecule has 0 aromatic heterocycles. The van der Waals surface area contributed by atoms with Crippen molar-refractivity contribution in [3.05, 3.63) is 59.7 Å². The lowest BCUT2D eigenvalue weighted by Crippen LogP contribution is -2.53. The van der Waals surface area contributed by atoms with Crippen molar-refractivity contribution in [3.63, 3.8) is 0 Å². The van der Waals surface area contributed by atoms with Gasteiger partial charge in [-0.05, 0) is 35.1 Å². The fourth-order valence-electron chi connectivity index (χ4n) is 4.29. The van der Waals surface area contributed by atoms with Crippen LogP contribution in [0.25, 0.3) is 11.1 Å². The van der Waals surface area contributed by atoms with Crippen LogP contribution in [0, 0.1) is 5.41 Å². The minimum atomic E-state index is -1.40. The van der Waals surface area contributed by atoms with E-state index in [0.29, 0.717) is 12.8 Å². The van der Waals surface area contributed by atoms with Gasteiger partial charge in [-0.2, -0.15) is 0 Å². The van der Waals surface area contributed by atoms with E-state index in [1.807, 2.05) is 36.4 Å². The summed E-state index contributed by atoms with van der Waals surface area (Å²) >= 11 is 0. The Kier molecular flexibility index (Phi) is 7.71. The minimum Gasteiger partial charge on any atom is -0.480 e. The molecule has 0 heterocycles. The molecule has 1 aliphatic rings. The Morgan fingerprint density at radius 1 is 1.00 bits per heavy atom. The van der Waals surface area contributed by atoms with Crippen LogP contribution < -0.4 is 10.6 Å². The second kappa shape index (κ2) is 10.5. The molecule has 0 fully saturated rings. The summed E-state index contributed by atoms with van der Waals surface area (Å²) in [6, 6.07) is 14.7. The Labute approximate surface area is 193 Å². The number of carboxylic acids is 1. The van der Waals surface area contributed by atoms with Crippen molar-refractivity contribution in [1.29, 1.82) is 0 Å². The van der Waals surface area contributed by atoms with Crippen LogP contribution in [-0.2, 0) is 14.3 Å². The first kappa shape index (κ1) is 24.3. The second-order valence-corrected chi connectivity index (χ2v) is 8.21. The number of ether oxygens (including phenoxy) is 1. The van der Waals surface area contributed by atoms with Gasteiger partial charge in [-0.3, -0.25) is 4.79 Å². The van der Waals surface area contributed by atoms with E-state index in [0.717, 1.165) is 22.3 Å². The number of benzene rings is 2. The van der Waals surface area contributed by atoms with Crippen molar-refractivity contribution < 1.29 is 29.3 Å². The number of nitrogens with one attached hydrogen (secondary N) is 2. The highest BCUT2D eigenvalue weighted by Crippen LogP contribution is 2.44. The number of aliphatic carboxylic acids is 1. The second-order valence-electron chi connectivity index (χ2n) is 8.21. The van der Waals surface area contributed by atoms with Gasteiger partial charge in [0.15, 0.2) is 0 Å². The molecule has 0 spiro atoms. The zero-order valence-corrected chi connectivity index (χ0v) is 18.8. The molecule has 8 nitrogen and oxygen atoms in total. The molecule has 3 rings (SSSR count). The average molecular weight is 455 g/mol. The van der Waals surface area contributed by atoms with E-state index in [1.54, 1.807) is 13.8 Å². The van der Waals surface area contributed by atoms with Gasteiger partial charge in [0.2, 0.25) is 5.91 Å².